The van der Waals surface area contributed by atoms with Gasteiger partial charge in [0.15, 0.2) is 0 Å². The Morgan fingerprint density at radius 1 is 0.692 bits per heavy atom. The van der Waals surface area contributed by atoms with Crippen molar-refractivity contribution in [2.75, 3.05) is 0 Å². The molecular formula is C10H32ArN2. The maximum Gasteiger partial charge on any atom is 0 e. The van der Waals surface area contributed by atoms with Crippen LogP contribution in [0, 0.1) is 37.7 Å². The maximum absolute atomic E-state index is 5.11. The summed E-state index contributed by atoms with van der Waals surface area (Å²) in [4.78, 5) is 0. The van der Waals surface area contributed by atoms with Gasteiger partial charge in [0.1, 0.15) is 0 Å². The molecule has 0 fully saturated rings. The van der Waals surface area contributed by atoms with Crippen molar-refractivity contribution in [1.82, 2.24) is 0 Å². The van der Waals surface area contributed by atoms with Crippen LogP contribution in [0.2, 0.25) is 0 Å². The van der Waals surface area contributed by atoms with Crippen molar-refractivity contribution in [3.8, 4) is 0 Å². The first-order chi connectivity index (χ1) is 4.46. The molecule has 13 heavy (non-hydrogen) atoms. The van der Waals surface area contributed by atoms with Crippen molar-refractivity contribution in [1.29, 1.82) is 0 Å². The fourth-order valence-electron chi connectivity index (χ4n) is 0. The molecule has 0 saturated carbocycles. The average Bonchev–Trinajstić information content (AvgIpc) is 1.66. The molecule has 0 aliphatic rings. The van der Waals surface area contributed by atoms with Gasteiger partial charge in [0.2, 0.25) is 0 Å². The van der Waals surface area contributed by atoms with Crippen molar-refractivity contribution < 1.29 is 37.7 Å². The van der Waals surface area contributed by atoms with E-state index in [1.807, 2.05) is 41.5 Å². The average molecular weight is 220 g/mol. The predicted molar refractivity (Wildman–Crippen MR) is 63.5 cm³/mol. The van der Waals surface area contributed by atoms with E-state index in [1.54, 1.807) is 0 Å². The van der Waals surface area contributed by atoms with Gasteiger partial charge in [-0.2, -0.15) is 0 Å². The third-order valence-electron chi connectivity index (χ3n) is 0. The predicted octanol–water partition coefficient (Wildman–Crippen LogP) is 3.01. The first-order valence-electron chi connectivity index (χ1n) is 3.98. The van der Waals surface area contributed by atoms with Gasteiger partial charge in [0, 0.05) is 37.7 Å². The van der Waals surface area contributed by atoms with Gasteiger partial charge in [-0.25, -0.2) is 0 Å². The molecule has 0 unspecified atom stereocenters. The molecule has 0 spiro atoms. The number of hydrogen-bond acceptors (Lipinski definition) is 2. The van der Waals surface area contributed by atoms with Crippen LogP contribution in [0.3, 0.4) is 0 Å². The van der Waals surface area contributed by atoms with Crippen LogP contribution in [-0.2, 0) is 0 Å². The van der Waals surface area contributed by atoms with Crippen molar-refractivity contribution >= 4 is 0 Å². The van der Waals surface area contributed by atoms with Crippen molar-refractivity contribution in [3.05, 3.63) is 0 Å². The Hall–Kier alpha value is 1.18. The molecule has 0 aromatic heterocycles. The van der Waals surface area contributed by atoms with Crippen molar-refractivity contribution in [2.45, 2.75) is 68.5 Å². The summed E-state index contributed by atoms with van der Waals surface area (Å²) in [5.74, 6) is 0. The summed E-state index contributed by atoms with van der Waals surface area (Å²) in [5.41, 5.74) is 10.2. The molecule has 0 heterocycles. The van der Waals surface area contributed by atoms with Gasteiger partial charge in [0.25, 0.3) is 0 Å². The molecule has 90 valence electrons. The minimum Gasteiger partial charge on any atom is -0.328 e. The van der Waals surface area contributed by atoms with Crippen LogP contribution >= 0.6 is 0 Å². The smallest absolute Gasteiger partial charge is 0 e. The van der Waals surface area contributed by atoms with Crippen LogP contribution in [0.4, 0.5) is 0 Å². The summed E-state index contributed by atoms with van der Waals surface area (Å²) < 4.78 is 0. The third kappa shape index (κ3) is 1180. The Labute approximate surface area is 117 Å². The first-order valence-corrected chi connectivity index (χ1v) is 3.98. The van der Waals surface area contributed by atoms with E-state index < -0.39 is 0 Å². The number of rotatable bonds is 0. The van der Waals surface area contributed by atoms with E-state index in [0.29, 0.717) is 12.1 Å². The Morgan fingerprint density at radius 2 is 0.692 bits per heavy atom. The van der Waals surface area contributed by atoms with Gasteiger partial charge in [-0.15, -0.1) is 0 Å². The van der Waals surface area contributed by atoms with Gasteiger partial charge in [-0.05, 0) is 12.1 Å². The number of nitrogens with two attached hydrogens (primary N) is 2. The fourth-order valence-corrected chi connectivity index (χ4v) is 0. The van der Waals surface area contributed by atoms with E-state index in [9.17, 15) is 0 Å². The third-order valence-corrected chi connectivity index (χ3v) is 0. The first kappa shape index (κ1) is 36.8. The minimum absolute atomic E-state index is 0. The zero-order valence-electron chi connectivity index (χ0n) is 8.66. The minimum atomic E-state index is 0. The Bertz CT molecular complexity index is 28.4. The van der Waals surface area contributed by atoms with Crippen LogP contribution in [0.1, 0.15) is 56.4 Å². The molecule has 0 rings (SSSR count). The molecule has 3 heteroatoms. The molecule has 0 atom stereocenters. The van der Waals surface area contributed by atoms with Gasteiger partial charge < -0.3 is 11.5 Å². The quantitative estimate of drug-likeness (QED) is 0.659. The summed E-state index contributed by atoms with van der Waals surface area (Å²) in [6.07, 6.45) is 0. The van der Waals surface area contributed by atoms with Gasteiger partial charge >= 0.3 is 0 Å². The Morgan fingerprint density at radius 3 is 0.692 bits per heavy atom. The zero-order chi connectivity index (χ0) is 9.15. The molecule has 0 bridgehead atoms. The summed E-state index contributed by atoms with van der Waals surface area (Å²) in [6.45, 7) is 11.8. The topological polar surface area (TPSA) is 52.0 Å². The molecule has 0 aromatic carbocycles. The van der Waals surface area contributed by atoms with Gasteiger partial charge in [0.05, 0.1) is 0 Å². The zero-order valence-corrected chi connectivity index (χ0v) is 9.37. The molecule has 2 nitrogen and oxygen atoms in total. The second-order valence-electron chi connectivity index (χ2n) is 2.49. The Kier molecular flexibility index (Phi) is 107. The van der Waals surface area contributed by atoms with Crippen LogP contribution < -0.4 is 11.5 Å². The second-order valence-corrected chi connectivity index (χ2v) is 2.49. The van der Waals surface area contributed by atoms with Crippen LogP contribution in [0.5, 0.6) is 0 Å². The monoisotopic (exact) mass is 220 g/mol. The normalized spacial score (nSPS) is 6.00. The molecule has 0 aromatic rings. The van der Waals surface area contributed by atoms with E-state index in [1.165, 1.54) is 0 Å². The van der Waals surface area contributed by atoms with E-state index in [0.717, 1.165) is 0 Å². The van der Waals surface area contributed by atoms with Gasteiger partial charge in [-0.1, -0.05) is 56.4 Å². The van der Waals surface area contributed by atoms with Crippen molar-refractivity contribution in [3.63, 3.8) is 0 Å². The molecule has 0 amide bonds. The molecular weight excluding hydrogens is 188 g/mol. The number of hydrogen-bond donors (Lipinski definition) is 2. The largest absolute Gasteiger partial charge is 0.328 e. The molecule has 0 saturated heterocycles. The van der Waals surface area contributed by atoms with Crippen LogP contribution in [0.15, 0.2) is 0 Å². The summed E-state index contributed by atoms with van der Waals surface area (Å²) in [6, 6.07) is 0.667. The van der Waals surface area contributed by atoms with E-state index >= 15 is 0 Å². The van der Waals surface area contributed by atoms with E-state index in [-0.39, 0.29) is 52.6 Å². The SMILES string of the molecule is C.C.CC.CC(C)N.CC(C)N.[Ar]. The molecule has 0 aliphatic carbocycles. The second kappa shape index (κ2) is 37.9. The van der Waals surface area contributed by atoms with Gasteiger partial charge in [-0.3, -0.25) is 0 Å². The fraction of sp³-hybridized carbons (Fsp3) is 1.00. The van der Waals surface area contributed by atoms with E-state index in [4.69, 9.17) is 11.5 Å². The van der Waals surface area contributed by atoms with E-state index in [2.05, 4.69) is 0 Å². The summed E-state index contributed by atoms with van der Waals surface area (Å²) >= 11 is 0. The maximum atomic E-state index is 5.11. The standard InChI is InChI=1S/2C3H9N.C2H6.2CH4.Ar/c2*1-3(2)4;1-2;;;/h2*3H,4H2,1-2H3;1-2H3;2*1H4;. The van der Waals surface area contributed by atoms with Crippen LogP contribution in [0.25, 0.3) is 0 Å². The molecule has 4 N–H and O–H groups in total. The molecule has 0 radical (unpaired) electrons. The summed E-state index contributed by atoms with van der Waals surface area (Å²) in [5, 5.41) is 0. The van der Waals surface area contributed by atoms with Crippen molar-refractivity contribution in [2.24, 2.45) is 11.5 Å². The molecule has 0 aliphatic heterocycles. The van der Waals surface area contributed by atoms with Crippen LogP contribution in [-0.4, -0.2) is 12.1 Å². The summed E-state index contributed by atoms with van der Waals surface area (Å²) in [7, 11) is 0. The Balaban J connectivity index is -0.0000000133.